The predicted molar refractivity (Wildman–Crippen MR) is 79.2 cm³/mol. The average molecular weight is 292 g/mol. The SMILES string of the molecule is O=Cc1ccc(C2C(=O)C(c3ccc(C=O)cc3)C2=O)cc1. The summed E-state index contributed by atoms with van der Waals surface area (Å²) < 4.78 is 0. The van der Waals surface area contributed by atoms with E-state index in [1.165, 1.54) is 0 Å². The Labute approximate surface area is 126 Å². The first-order valence-electron chi connectivity index (χ1n) is 6.83. The fraction of sp³-hybridized carbons (Fsp3) is 0.111. The van der Waals surface area contributed by atoms with Gasteiger partial charge >= 0.3 is 0 Å². The third-order valence-electron chi connectivity index (χ3n) is 3.95. The van der Waals surface area contributed by atoms with Crippen molar-refractivity contribution < 1.29 is 19.2 Å². The number of hydrogen-bond donors (Lipinski definition) is 0. The van der Waals surface area contributed by atoms with Gasteiger partial charge in [0.1, 0.15) is 24.4 Å². The van der Waals surface area contributed by atoms with E-state index in [9.17, 15) is 19.2 Å². The number of ketones is 2. The van der Waals surface area contributed by atoms with Crippen LogP contribution < -0.4 is 0 Å². The van der Waals surface area contributed by atoms with Crippen LogP contribution in [-0.2, 0) is 9.59 Å². The standard InChI is InChI=1S/C18H12O4/c19-9-11-1-5-13(6-2-11)15-17(21)16(18(15)22)14-7-3-12(10-20)4-8-14/h1-10,15-16H. The Hall–Kier alpha value is -2.88. The fourth-order valence-electron chi connectivity index (χ4n) is 2.71. The molecule has 0 unspecified atom stereocenters. The van der Waals surface area contributed by atoms with Gasteiger partial charge in [-0.1, -0.05) is 48.5 Å². The highest BCUT2D eigenvalue weighted by Gasteiger charge is 2.50. The van der Waals surface area contributed by atoms with Crippen molar-refractivity contribution in [3.8, 4) is 0 Å². The maximum atomic E-state index is 12.3. The van der Waals surface area contributed by atoms with E-state index < -0.39 is 11.8 Å². The molecule has 22 heavy (non-hydrogen) atoms. The second-order valence-corrected chi connectivity index (χ2v) is 5.24. The van der Waals surface area contributed by atoms with Crippen LogP contribution in [0.1, 0.15) is 43.7 Å². The summed E-state index contributed by atoms with van der Waals surface area (Å²) in [5.41, 5.74) is 2.23. The Balaban J connectivity index is 1.83. The van der Waals surface area contributed by atoms with Crippen LogP contribution in [0.25, 0.3) is 0 Å². The summed E-state index contributed by atoms with van der Waals surface area (Å²) in [4.78, 5) is 45.9. The topological polar surface area (TPSA) is 68.3 Å². The molecule has 0 heterocycles. The van der Waals surface area contributed by atoms with E-state index in [0.29, 0.717) is 34.8 Å². The summed E-state index contributed by atoms with van der Waals surface area (Å²) in [6, 6.07) is 12.9. The first-order chi connectivity index (χ1) is 10.7. The number of benzene rings is 2. The van der Waals surface area contributed by atoms with Crippen LogP contribution in [-0.4, -0.2) is 24.1 Å². The van der Waals surface area contributed by atoms with Crippen LogP contribution in [0.2, 0.25) is 0 Å². The molecule has 1 aliphatic carbocycles. The number of carbonyl (C=O) groups excluding carboxylic acids is 4. The summed E-state index contributed by atoms with van der Waals surface area (Å²) in [7, 11) is 0. The highest BCUT2D eigenvalue weighted by molar-refractivity contribution is 6.31. The number of rotatable bonds is 4. The molecule has 0 N–H and O–H groups in total. The van der Waals surface area contributed by atoms with Gasteiger partial charge < -0.3 is 0 Å². The van der Waals surface area contributed by atoms with E-state index in [2.05, 4.69) is 0 Å². The molecular weight excluding hydrogens is 280 g/mol. The quantitative estimate of drug-likeness (QED) is 0.640. The first-order valence-corrected chi connectivity index (χ1v) is 6.83. The van der Waals surface area contributed by atoms with Crippen molar-refractivity contribution in [3.05, 3.63) is 70.8 Å². The van der Waals surface area contributed by atoms with Gasteiger partial charge in [0.2, 0.25) is 0 Å². The summed E-state index contributed by atoms with van der Waals surface area (Å²) in [6.45, 7) is 0. The van der Waals surface area contributed by atoms with Crippen LogP contribution in [0.4, 0.5) is 0 Å². The Morgan fingerprint density at radius 1 is 0.591 bits per heavy atom. The van der Waals surface area contributed by atoms with Crippen LogP contribution in [0.5, 0.6) is 0 Å². The van der Waals surface area contributed by atoms with Crippen LogP contribution >= 0.6 is 0 Å². The molecule has 4 heteroatoms. The molecule has 0 aliphatic heterocycles. The van der Waals surface area contributed by atoms with Crippen molar-refractivity contribution in [1.29, 1.82) is 0 Å². The molecule has 3 rings (SSSR count). The predicted octanol–water partition coefficient (Wildman–Crippen LogP) is 2.33. The summed E-state index contributed by atoms with van der Waals surface area (Å²) >= 11 is 0. The van der Waals surface area contributed by atoms with Gasteiger partial charge in [-0.3, -0.25) is 19.2 Å². The molecule has 4 nitrogen and oxygen atoms in total. The zero-order valence-electron chi connectivity index (χ0n) is 11.6. The number of aldehydes is 2. The van der Waals surface area contributed by atoms with Crippen LogP contribution in [0.3, 0.4) is 0 Å². The highest BCUT2D eigenvalue weighted by Crippen LogP contribution is 2.40. The van der Waals surface area contributed by atoms with Gasteiger partial charge in [-0.25, -0.2) is 0 Å². The van der Waals surface area contributed by atoms with Gasteiger partial charge in [-0.2, -0.15) is 0 Å². The lowest BCUT2D eigenvalue weighted by Crippen LogP contribution is -2.44. The van der Waals surface area contributed by atoms with Gasteiger partial charge in [-0.15, -0.1) is 0 Å². The maximum Gasteiger partial charge on any atom is 0.162 e. The van der Waals surface area contributed by atoms with E-state index in [1.54, 1.807) is 48.5 Å². The van der Waals surface area contributed by atoms with Crippen LogP contribution in [0.15, 0.2) is 48.5 Å². The molecule has 0 bridgehead atoms. The Morgan fingerprint density at radius 2 is 0.909 bits per heavy atom. The van der Waals surface area contributed by atoms with Gasteiger partial charge in [0.05, 0.1) is 0 Å². The van der Waals surface area contributed by atoms with E-state index >= 15 is 0 Å². The van der Waals surface area contributed by atoms with E-state index in [1.807, 2.05) is 0 Å². The van der Waals surface area contributed by atoms with Gasteiger partial charge in [0, 0.05) is 11.1 Å². The van der Waals surface area contributed by atoms with Crippen LogP contribution in [0, 0.1) is 0 Å². The van der Waals surface area contributed by atoms with Gasteiger partial charge in [0.25, 0.3) is 0 Å². The largest absolute Gasteiger partial charge is 0.298 e. The van der Waals surface area contributed by atoms with Gasteiger partial charge in [-0.05, 0) is 11.1 Å². The molecule has 0 atom stereocenters. The molecular formula is C18H12O4. The maximum absolute atomic E-state index is 12.3. The lowest BCUT2D eigenvalue weighted by atomic mass is 9.66. The molecule has 0 radical (unpaired) electrons. The van der Waals surface area contributed by atoms with E-state index in [0.717, 1.165) is 0 Å². The molecule has 2 aromatic rings. The van der Waals surface area contributed by atoms with Crippen molar-refractivity contribution in [3.63, 3.8) is 0 Å². The summed E-state index contributed by atoms with van der Waals surface area (Å²) in [5.74, 6) is -1.81. The van der Waals surface area contributed by atoms with E-state index in [-0.39, 0.29) is 11.6 Å². The molecule has 2 aromatic carbocycles. The zero-order valence-corrected chi connectivity index (χ0v) is 11.6. The third-order valence-corrected chi connectivity index (χ3v) is 3.95. The fourth-order valence-corrected chi connectivity index (χ4v) is 2.71. The summed E-state index contributed by atoms with van der Waals surface area (Å²) in [5, 5.41) is 0. The Morgan fingerprint density at radius 3 is 1.18 bits per heavy atom. The molecule has 0 aromatic heterocycles. The zero-order chi connectivity index (χ0) is 15.7. The molecule has 0 amide bonds. The summed E-state index contributed by atoms with van der Waals surface area (Å²) in [6.07, 6.45) is 1.43. The lowest BCUT2D eigenvalue weighted by Gasteiger charge is -2.32. The van der Waals surface area contributed by atoms with Crippen molar-refractivity contribution >= 4 is 24.1 Å². The monoisotopic (exact) mass is 292 g/mol. The Bertz CT molecular complexity index is 677. The minimum atomic E-state index is -0.753. The van der Waals surface area contributed by atoms with Crippen molar-refractivity contribution in [1.82, 2.24) is 0 Å². The molecule has 1 saturated carbocycles. The second-order valence-electron chi connectivity index (χ2n) is 5.24. The molecule has 0 saturated heterocycles. The normalized spacial score (nSPS) is 20.4. The smallest absolute Gasteiger partial charge is 0.162 e. The first kappa shape index (κ1) is 14.1. The molecule has 1 aliphatic rings. The Kier molecular flexibility index (Phi) is 3.51. The van der Waals surface area contributed by atoms with E-state index in [4.69, 9.17) is 0 Å². The minimum Gasteiger partial charge on any atom is -0.298 e. The molecule has 1 fully saturated rings. The van der Waals surface area contributed by atoms with Crippen molar-refractivity contribution in [2.75, 3.05) is 0 Å². The number of Topliss-reactive ketones (excluding diaryl/α,β-unsaturated/α-hetero) is 2. The number of hydrogen-bond acceptors (Lipinski definition) is 4. The average Bonchev–Trinajstić information content (AvgIpc) is 2.56. The highest BCUT2D eigenvalue weighted by atomic mass is 16.2. The van der Waals surface area contributed by atoms with Crippen molar-refractivity contribution in [2.45, 2.75) is 11.8 Å². The molecule has 0 spiro atoms. The lowest BCUT2D eigenvalue weighted by molar-refractivity contribution is -0.142. The molecule has 108 valence electrons. The number of carbonyl (C=O) groups is 4. The van der Waals surface area contributed by atoms with Crippen molar-refractivity contribution in [2.24, 2.45) is 0 Å². The second kappa shape index (κ2) is 5.48. The van der Waals surface area contributed by atoms with Gasteiger partial charge in [0.15, 0.2) is 11.6 Å². The minimum absolute atomic E-state index is 0.150. The third kappa shape index (κ3) is 2.19.